The highest BCUT2D eigenvalue weighted by Gasteiger charge is 2.29. The molecule has 1 aliphatic rings. The molecule has 112 valence electrons. The second-order valence-corrected chi connectivity index (χ2v) is 5.58. The Bertz CT molecular complexity index is 310. The lowest BCUT2D eigenvalue weighted by molar-refractivity contribution is -0.139. The molecule has 0 saturated carbocycles. The van der Waals surface area contributed by atoms with E-state index in [-0.39, 0.29) is 36.2 Å². The van der Waals surface area contributed by atoms with Gasteiger partial charge in [-0.3, -0.25) is 9.59 Å². The number of nitrogens with two attached hydrogens (primary N) is 1. The Balaban J connectivity index is 0.00000324. The summed E-state index contributed by atoms with van der Waals surface area (Å²) in [6.45, 7) is 5.32. The van der Waals surface area contributed by atoms with Gasteiger partial charge in [0.15, 0.2) is 0 Å². The quantitative estimate of drug-likeness (QED) is 0.785. The number of carbonyl (C=O) groups is 2. The van der Waals surface area contributed by atoms with Crippen LogP contribution in [0.4, 0.5) is 0 Å². The molecule has 0 aliphatic carbocycles. The van der Waals surface area contributed by atoms with Crippen molar-refractivity contribution in [1.29, 1.82) is 0 Å². The van der Waals surface area contributed by atoms with Crippen molar-refractivity contribution in [3.05, 3.63) is 0 Å². The first-order valence-electron chi connectivity index (χ1n) is 6.68. The van der Waals surface area contributed by atoms with E-state index in [0.29, 0.717) is 25.4 Å². The fraction of sp³-hybridized carbons (Fsp3) is 0.846. The Morgan fingerprint density at radius 3 is 2.63 bits per heavy atom. The minimum absolute atomic E-state index is 0. The van der Waals surface area contributed by atoms with E-state index in [0.717, 1.165) is 12.8 Å². The zero-order valence-electron chi connectivity index (χ0n) is 12.0. The maximum Gasteiger partial charge on any atom is 0.223 e. The van der Waals surface area contributed by atoms with E-state index in [1.807, 2.05) is 0 Å². The molecule has 19 heavy (non-hydrogen) atoms. The Kier molecular flexibility index (Phi) is 8.02. The summed E-state index contributed by atoms with van der Waals surface area (Å²) < 4.78 is 0. The Labute approximate surface area is 121 Å². The number of nitrogens with zero attached hydrogens (tertiary/aromatic N) is 1. The molecule has 1 heterocycles. The summed E-state index contributed by atoms with van der Waals surface area (Å²) in [4.78, 5) is 25.3. The van der Waals surface area contributed by atoms with Gasteiger partial charge >= 0.3 is 0 Å². The summed E-state index contributed by atoms with van der Waals surface area (Å²) in [6, 6.07) is 0.0206. The molecule has 0 spiro atoms. The van der Waals surface area contributed by atoms with Crippen LogP contribution in [0.15, 0.2) is 0 Å². The third-order valence-corrected chi connectivity index (χ3v) is 3.42. The van der Waals surface area contributed by atoms with Gasteiger partial charge in [0, 0.05) is 38.5 Å². The van der Waals surface area contributed by atoms with Crippen molar-refractivity contribution in [2.45, 2.75) is 39.2 Å². The SMILES string of the molecule is CC(C)CC(CN)NC(=O)C1CCN(C)C(=O)C1.Cl. The molecule has 0 aromatic rings. The predicted molar refractivity (Wildman–Crippen MR) is 78.0 cm³/mol. The number of likely N-dealkylation sites (tertiary alicyclic amines) is 1. The van der Waals surface area contributed by atoms with E-state index < -0.39 is 0 Å². The average molecular weight is 292 g/mol. The zero-order valence-corrected chi connectivity index (χ0v) is 12.8. The smallest absolute Gasteiger partial charge is 0.223 e. The number of carbonyl (C=O) groups excluding carboxylic acids is 2. The summed E-state index contributed by atoms with van der Waals surface area (Å²) in [5.74, 6) is 0.343. The first kappa shape index (κ1) is 18.2. The van der Waals surface area contributed by atoms with E-state index in [1.54, 1.807) is 11.9 Å². The molecule has 1 saturated heterocycles. The van der Waals surface area contributed by atoms with E-state index in [9.17, 15) is 9.59 Å². The van der Waals surface area contributed by atoms with Crippen LogP contribution in [0.3, 0.4) is 0 Å². The number of halogens is 1. The molecule has 2 amide bonds. The minimum atomic E-state index is -0.185. The maximum atomic E-state index is 12.1. The average Bonchev–Trinajstić information content (AvgIpc) is 2.31. The standard InChI is InChI=1S/C13H25N3O2.ClH/c1-9(2)6-11(8-14)15-13(18)10-4-5-16(3)12(17)7-10;/h9-11H,4-8,14H2,1-3H3,(H,15,18);1H. The van der Waals surface area contributed by atoms with Crippen molar-refractivity contribution in [1.82, 2.24) is 10.2 Å². The van der Waals surface area contributed by atoms with Gasteiger partial charge in [-0.2, -0.15) is 0 Å². The van der Waals surface area contributed by atoms with Crippen LogP contribution >= 0.6 is 12.4 Å². The topological polar surface area (TPSA) is 75.4 Å². The highest BCUT2D eigenvalue weighted by molar-refractivity contribution is 5.87. The Morgan fingerprint density at radius 2 is 2.16 bits per heavy atom. The molecule has 0 aromatic heterocycles. The van der Waals surface area contributed by atoms with Gasteiger partial charge in [-0.25, -0.2) is 0 Å². The maximum absolute atomic E-state index is 12.1. The van der Waals surface area contributed by atoms with Crippen LogP contribution in [0.5, 0.6) is 0 Å². The summed E-state index contributed by atoms with van der Waals surface area (Å²) in [5, 5.41) is 2.97. The van der Waals surface area contributed by atoms with Gasteiger partial charge in [0.05, 0.1) is 0 Å². The molecular weight excluding hydrogens is 266 g/mol. The van der Waals surface area contributed by atoms with Crippen molar-refractivity contribution < 1.29 is 9.59 Å². The molecule has 1 rings (SSSR count). The van der Waals surface area contributed by atoms with Crippen LogP contribution < -0.4 is 11.1 Å². The van der Waals surface area contributed by atoms with Crippen LogP contribution in [0.1, 0.15) is 33.1 Å². The number of amides is 2. The second-order valence-electron chi connectivity index (χ2n) is 5.58. The molecule has 0 radical (unpaired) electrons. The highest BCUT2D eigenvalue weighted by Crippen LogP contribution is 2.17. The van der Waals surface area contributed by atoms with Crippen molar-refractivity contribution in [3.8, 4) is 0 Å². The van der Waals surface area contributed by atoms with E-state index >= 15 is 0 Å². The highest BCUT2D eigenvalue weighted by atomic mass is 35.5. The molecule has 0 aromatic carbocycles. The van der Waals surface area contributed by atoms with E-state index in [2.05, 4.69) is 19.2 Å². The molecule has 3 N–H and O–H groups in total. The number of hydrogen-bond donors (Lipinski definition) is 2. The second kappa shape index (κ2) is 8.38. The van der Waals surface area contributed by atoms with Crippen LogP contribution in [-0.4, -0.2) is 42.9 Å². The van der Waals surface area contributed by atoms with Crippen molar-refractivity contribution in [3.63, 3.8) is 0 Å². The van der Waals surface area contributed by atoms with E-state index in [4.69, 9.17) is 5.73 Å². The first-order valence-corrected chi connectivity index (χ1v) is 6.68. The van der Waals surface area contributed by atoms with Gasteiger partial charge in [0.2, 0.25) is 11.8 Å². The fourth-order valence-corrected chi connectivity index (χ4v) is 2.27. The Morgan fingerprint density at radius 1 is 1.53 bits per heavy atom. The molecular formula is C13H26ClN3O2. The fourth-order valence-electron chi connectivity index (χ4n) is 2.27. The summed E-state index contributed by atoms with van der Waals surface area (Å²) in [7, 11) is 1.78. The lowest BCUT2D eigenvalue weighted by Gasteiger charge is -2.29. The monoisotopic (exact) mass is 291 g/mol. The van der Waals surface area contributed by atoms with Gasteiger partial charge in [-0.1, -0.05) is 13.8 Å². The molecule has 1 aliphatic heterocycles. The molecule has 5 nitrogen and oxygen atoms in total. The number of hydrogen-bond acceptors (Lipinski definition) is 3. The van der Waals surface area contributed by atoms with Crippen molar-refractivity contribution in [2.24, 2.45) is 17.6 Å². The van der Waals surface area contributed by atoms with Gasteiger partial charge in [-0.15, -0.1) is 12.4 Å². The first-order chi connectivity index (χ1) is 8.43. The van der Waals surface area contributed by atoms with Crippen LogP contribution in [-0.2, 0) is 9.59 Å². The van der Waals surface area contributed by atoms with Gasteiger partial charge < -0.3 is 16.0 Å². The molecule has 2 atom stereocenters. The van der Waals surface area contributed by atoms with Gasteiger partial charge in [0.25, 0.3) is 0 Å². The van der Waals surface area contributed by atoms with Crippen molar-refractivity contribution in [2.75, 3.05) is 20.1 Å². The minimum Gasteiger partial charge on any atom is -0.352 e. The van der Waals surface area contributed by atoms with Gasteiger partial charge in [0.1, 0.15) is 0 Å². The third kappa shape index (κ3) is 5.78. The van der Waals surface area contributed by atoms with Crippen LogP contribution in [0.2, 0.25) is 0 Å². The normalized spacial score (nSPS) is 21.0. The number of nitrogens with one attached hydrogen (secondary N) is 1. The molecule has 2 unspecified atom stereocenters. The Hall–Kier alpha value is -0.810. The van der Waals surface area contributed by atoms with E-state index in [1.165, 1.54) is 0 Å². The van der Waals surface area contributed by atoms with Crippen LogP contribution in [0, 0.1) is 11.8 Å². The lowest BCUT2D eigenvalue weighted by atomic mass is 9.94. The predicted octanol–water partition coefficient (Wildman–Crippen LogP) is 0.766. The third-order valence-electron chi connectivity index (χ3n) is 3.42. The summed E-state index contributed by atoms with van der Waals surface area (Å²) >= 11 is 0. The molecule has 1 fully saturated rings. The lowest BCUT2D eigenvalue weighted by Crippen LogP contribution is -2.47. The largest absolute Gasteiger partial charge is 0.352 e. The summed E-state index contributed by atoms with van der Waals surface area (Å²) in [6.07, 6.45) is 1.94. The number of piperidine rings is 1. The zero-order chi connectivity index (χ0) is 13.7. The van der Waals surface area contributed by atoms with Crippen LogP contribution in [0.25, 0.3) is 0 Å². The van der Waals surface area contributed by atoms with Gasteiger partial charge in [-0.05, 0) is 18.8 Å². The summed E-state index contributed by atoms with van der Waals surface area (Å²) in [5.41, 5.74) is 5.66. The molecule has 6 heteroatoms. The number of rotatable bonds is 5. The van der Waals surface area contributed by atoms with Crippen molar-refractivity contribution >= 4 is 24.2 Å². The molecule has 0 bridgehead atoms.